The van der Waals surface area contributed by atoms with Crippen LogP contribution in [0.25, 0.3) is 17.0 Å². The lowest BCUT2D eigenvalue weighted by Gasteiger charge is -2.37. The van der Waals surface area contributed by atoms with E-state index in [0.29, 0.717) is 28.1 Å². The Labute approximate surface area is 207 Å². The third kappa shape index (κ3) is 4.44. The van der Waals surface area contributed by atoms with E-state index >= 15 is 0 Å². The number of thiocarbonyl (C=S) groups is 1. The number of nitrogens with one attached hydrogen (secondary N) is 1. The Balaban J connectivity index is 1.66. The summed E-state index contributed by atoms with van der Waals surface area (Å²) in [7, 11) is 0. The largest absolute Gasteiger partial charge is 0.351 e. The third-order valence-corrected chi connectivity index (χ3v) is 6.27. The first-order valence-corrected chi connectivity index (χ1v) is 11.5. The fourth-order valence-electron chi connectivity index (χ4n) is 4.16. The highest BCUT2D eigenvalue weighted by atomic mass is 32.1. The highest BCUT2D eigenvalue weighted by Gasteiger charge is 2.35. The summed E-state index contributed by atoms with van der Waals surface area (Å²) in [5.74, 6) is -0.658. The normalized spacial score (nSPS) is 16.0. The van der Waals surface area contributed by atoms with Gasteiger partial charge >= 0.3 is 0 Å². The molecule has 176 valence electrons. The molecule has 0 bridgehead atoms. The van der Waals surface area contributed by atoms with Gasteiger partial charge in [0.25, 0.3) is 5.89 Å². The van der Waals surface area contributed by atoms with Crippen molar-refractivity contribution < 1.29 is 13.3 Å². The Kier molecular flexibility index (Phi) is 5.90. The zero-order valence-corrected chi connectivity index (χ0v) is 20.2. The molecule has 0 radical (unpaired) electrons. The van der Waals surface area contributed by atoms with E-state index in [-0.39, 0.29) is 5.69 Å². The van der Waals surface area contributed by atoms with Crippen LogP contribution < -0.4 is 10.2 Å². The Morgan fingerprint density at radius 2 is 1.49 bits per heavy atom. The van der Waals surface area contributed by atoms with Crippen molar-refractivity contribution in [2.24, 2.45) is 0 Å². The van der Waals surface area contributed by atoms with Crippen LogP contribution in [-0.4, -0.2) is 15.3 Å². The van der Waals surface area contributed by atoms with Crippen molar-refractivity contribution in [2.75, 3.05) is 4.90 Å². The summed E-state index contributed by atoms with van der Waals surface area (Å²) in [5, 5.41) is 7.80. The molecule has 1 unspecified atom stereocenters. The molecule has 0 spiro atoms. The minimum absolute atomic E-state index is 0.260. The van der Waals surface area contributed by atoms with E-state index in [0.717, 1.165) is 28.3 Å². The average Bonchev–Trinajstić information content (AvgIpc) is 3.29. The molecule has 2 heterocycles. The van der Waals surface area contributed by atoms with Gasteiger partial charge in [0.2, 0.25) is 5.82 Å². The molecule has 35 heavy (non-hydrogen) atoms. The molecule has 3 aromatic carbocycles. The van der Waals surface area contributed by atoms with Gasteiger partial charge in [-0.2, -0.15) is 4.98 Å². The summed E-state index contributed by atoms with van der Waals surface area (Å²) in [4.78, 5) is 6.25. The Morgan fingerprint density at radius 1 is 0.886 bits per heavy atom. The van der Waals surface area contributed by atoms with Gasteiger partial charge in [-0.1, -0.05) is 64.8 Å². The summed E-state index contributed by atoms with van der Waals surface area (Å²) >= 11 is 5.64. The van der Waals surface area contributed by atoms with E-state index in [1.807, 2.05) is 69.3 Å². The number of allylic oxidation sites excluding steroid dienone is 1. The van der Waals surface area contributed by atoms with Crippen LogP contribution in [0.15, 0.2) is 77.0 Å². The van der Waals surface area contributed by atoms with Gasteiger partial charge in [0.15, 0.2) is 5.11 Å². The molecule has 1 atom stereocenters. The van der Waals surface area contributed by atoms with Crippen molar-refractivity contribution in [3.05, 3.63) is 107 Å². The number of anilines is 1. The van der Waals surface area contributed by atoms with Gasteiger partial charge in [-0.3, -0.25) is 4.90 Å². The van der Waals surface area contributed by atoms with Crippen LogP contribution in [0.4, 0.5) is 14.5 Å². The molecule has 5 nitrogen and oxygen atoms in total. The zero-order valence-electron chi connectivity index (χ0n) is 19.3. The number of aryl methyl sites for hydroxylation is 2. The average molecular weight is 489 g/mol. The van der Waals surface area contributed by atoms with Gasteiger partial charge in [0.05, 0.1) is 17.3 Å². The first kappa shape index (κ1) is 22.9. The summed E-state index contributed by atoms with van der Waals surface area (Å²) in [6, 6.07) is 18.7. The minimum Gasteiger partial charge on any atom is -0.351 e. The lowest BCUT2D eigenvalue weighted by atomic mass is 9.94. The van der Waals surface area contributed by atoms with Gasteiger partial charge in [-0.25, -0.2) is 8.78 Å². The molecule has 0 saturated heterocycles. The molecular formula is C27H22F2N4OS. The lowest BCUT2D eigenvalue weighted by Crippen LogP contribution is -2.46. The van der Waals surface area contributed by atoms with E-state index in [1.54, 1.807) is 4.90 Å². The summed E-state index contributed by atoms with van der Waals surface area (Å²) < 4.78 is 33.9. The maximum absolute atomic E-state index is 14.1. The molecule has 0 fully saturated rings. The van der Waals surface area contributed by atoms with Crippen molar-refractivity contribution in [3.63, 3.8) is 0 Å². The predicted octanol–water partition coefficient (Wildman–Crippen LogP) is 6.50. The second kappa shape index (κ2) is 9.03. The highest BCUT2D eigenvalue weighted by molar-refractivity contribution is 7.80. The topological polar surface area (TPSA) is 54.2 Å². The van der Waals surface area contributed by atoms with Crippen LogP contribution in [0.1, 0.15) is 35.5 Å². The number of hydrogen-bond acceptors (Lipinski definition) is 4. The third-order valence-electron chi connectivity index (χ3n) is 5.97. The van der Waals surface area contributed by atoms with Crippen molar-refractivity contribution >= 4 is 28.6 Å². The highest BCUT2D eigenvalue weighted by Crippen LogP contribution is 2.39. The quantitative estimate of drug-likeness (QED) is 0.331. The maximum Gasteiger partial charge on any atom is 0.258 e. The monoisotopic (exact) mass is 488 g/mol. The van der Waals surface area contributed by atoms with Gasteiger partial charge in [0.1, 0.15) is 11.6 Å². The predicted molar refractivity (Wildman–Crippen MR) is 136 cm³/mol. The zero-order chi connectivity index (χ0) is 24.7. The molecule has 4 aromatic rings. The fourth-order valence-corrected chi connectivity index (χ4v) is 4.52. The smallest absolute Gasteiger partial charge is 0.258 e. The van der Waals surface area contributed by atoms with Crippen molar-refractivity contribution in [1.82, 2.24) is 15.5 Å². The number of hydrogen-bond donors (Lipinski definition) is 1. The molecule has 5 rings (SSSR count). The van der Waals surface area contributed by atoms with E-state index in [9.17, 15) is 8.78 Å². The fraction of sp³-hybridized carbons (Fsp3) is 0.148. The van der Waals surface area contributed by atoms with Crippen LogP contribution in [0.2, 0.25) is 0 Å². The van der Waals surface area contributed by atoms with Crippen LogP contribution in [0.3, 0.4) is 0 Å². The van der Waals surface area contributed by atoms with Gasteiger partial charge in [-0.15, -0.1) is 0 Å². The van der Waals surface area contributed by atoms with Crippen molar-refractivity contribution in [3.8, 4) is 11.4 Å². The number of halogens is 2. The van der Waals surface area contributed by atoms with Crippen molar-refractivity contribution in [1.29, 1.82) is 0 Å². The first-order valence-electron chi connectivity index (χ1n) is 11.1. The molecule has 1 aromatic heterocycles. The molecule has 0 saturated carbocycles. The molecule has 8 heteroatoms. The first-order chi connectivity index (χ1) is 16.8. The number of rotatable bonds is 4. The second-order valence-electron chi connectivity index (χ2n) is 8.54. The number of aromatic nitrogens is 2. The van der Waals surface area contributed by atoms with Gasteiger partial charge in [-0.05, 0) is 50.7 Å². The molecule has 0 aliphatic carbocycles. The molecule has 1 aliphatic rings. The van der Waals surface area contributed by atoms with Crippen molar-refractivity contribution in [2.45, 2.75) is 26.8 Å². The van der Waals surface area contributed by atoms with E-state index in [4.69, 9.17) is 16.7 Å². The minimum atomic E-state index is -0.697. The SMILES string of the molecule is CC1=C(c2nc(-c3ccc(C)cc3)no2)C(c2ccc(C)cc2)NC(=S)N1c1cc(F)cc(F)c1. The number of benzene rings is 3. The summed E-state index contributed by atoms with van der Waals surface area (Å²) in [6.07, 6.45) is 0. The standard InChI is InChI=1S/C27H22F2N4OS/c1-15-4-8-18(9-5-15)24-23(26-31-25(32-34-26)19-10-6-16(2)7-11-19)17(3)33(27(35)30-24)22-13-20(28)12-21(29)14-22/h4-14,24H,1-3H3,(H,30,35). The molecular weight excluding hydrogens is 466 g/mol. The van der Waals surface area contributed by atoms with Gasteiger partial charge < -0.3 is 9.84 Å². The van der Waals surface area contributed by atoms with Crippen LogP contribution in [0.5, 0.6) is 0 Å². The molecule has 1 N–H and O–H groups in total. The second-order valence-corrected chi connectivity index (χ2v) is 8.93. The Morgan fingerprint density at radius 3 is 2.11 bits per heavy atom. The van der Waals surface area contributed by atoms with Gasteiger partial charge in [0, 0.05) is 17.3 Å². The van der Waals surface area contributed by atoms with E-state index in [2.05, 4.69) is 15.5 Å². The van der Waals surface area contributed by atoms with Crippen LogP contribution >= 0.6 is 12.2 Å². The Bertz CT molecular complexity index is 1420. The van der Waals surface area contributed by atoms with E-state index in [1.165, 1.54) is 12.1 Å². The van der Waals surface area contributed by atoms with E-state index < -0.39 is 17.7 Å². The number of nitrogens with zero attached hydrogens (tertiary/aromatic N) is 3. The van der Waals surface area contributed by atoms with Crippen LogP contribution in [-0.2, 0) is 0 Å². The molecule has 0 amide bonds. The van der Waals surface area contributed by atoms with Crippen LogP contribution in [0, 0.1) is 25.5 Å². The summed E-state index contributed by atoms with van der Waals surface area (Å²) in [6.45, 7) is 5.84. The maximum atomic E-state index is 14.1. The Hall–Kier alpha value is -3.91. The molecule has 1 aliphatic heterocycles. The lowest BCUT2D eigenvalue weighted by molar-refractivity contribution is 0.404. The summed E-state index contributed by atoms with van der Waals surface area (Å²) in [5.41, 5.74) is 5.55.